The van der Waals surface area contributed by atoms with Gasteiger partial charge in [0.05, 0.1) is 17.2 Å². The zero-order valence-corrected chi connectivity index (χ0v) is 13.6. The average Bonchev–Trinajstić information content (AvgIpc) is 2.57. The minimum atomic E-state index is -0.527. The van der Waals surface area contributed by atoms with Crippen molar-refractivity contribution in [3.8, 4) is 5.75 Å². The van der Waals surface area contributed by atoms with Crippen LogP contribution in [0.15, 0.2) is 42.5 Å². The number of benzene rings is 2. The molecule has 0 radical (unpaired) electrons. The van der Waals surface area contributed by atoms with Crippen LogP contribution in [0, 0.1) is 10.1 Å². The van der Waals surface area contributed by atoms with Crippen molar-refractivity contribution in [3.63, 3.8) is 0 Å². The molecule has 0 aliphatic rings. The number of non-ortho nitro benzene ring substituents is 1. The molecule has 0 atom stereocenters. The highest BCUT2D eigenvalue weighted by Gasteiger charge is 2.13. The Morgan fingerprint density at radius 1 is 1.21 bits per heavy atom. The Hall–Kier alpha value is -2.64. The van der Waals surface area contributed by atoms with Crippen LogP contribution >= 0.6 is 11.6 Å². The maximum atomic E-state index is 12.3. The van der Waals surface area contributed by atoms with E-state index in [0.717, 1.165) is 0 Å². The summed E-state index contributed by atoms with van der Waals surface area (Å²) in [4.78, 5) is 22.4. The fourth-order valence-corrected chi connectivity index (χ4v) is 2.06. The first-order valence-corrected chi connectivity index (χ1v) is 7.36. The van der Waals surface area contributed by atoms with E-state index in [1.807, 2.05) is 0 Å². The van der Waals surface area contributed by atoms with E-state index in [4.69, 9.17) is 21.1 Å². The number of rotatable bonds is 7. The van der Waals surface area contributed by atoms with E-state index < -0.39 is 10.8 Å². The zero-order valence-electron chi connectivity index (χ0n) is 12.8. The Labute approximate surface area is 143 Å². The fraction of sp³-hybridized carbons (Fsp3) is 0.188. The number of nitrogens with zero attached hydrogens (tertiary/aromatic N) is 1. The smallest absolute Gasteiger partial charge is 0.269 e. The van der Waals surface area contributed by atoms with Crippen LogP contribution in [-0.2, 0) is 4.74 Å². The Bertz CT molecular complexity index is 734. The number of nitro groups is 1. The molecule has 24 heavy (non-hydrogen) atoms. The van der Waals surface area contributed by atoms with Crippen molar-refractivity contribution in [2.45, 2.75) is 0 Å². The van der Waals surface area contributed by atoms with Crippen molar-refractivity contribution in [3.05, 3.63) is 63.2 Å². The van der Waals surface area contributed by atoms with E-state index in [0.29, 0.717) is 29.7 Å². The fourth-order valence-electron chi connectivity index (χ4n) is 1.89. The molecule has 0 aliphatic heterocycles. The van der Waals surface area contributed by atoms with Crippen LogP contribution < -0.4 is 10.1 Å². The normalized spacial score (nSPS) is 10.2. The first kappa shape index (κ1) is 17.7. The van der Waals surface area contributed by atoms with Crippen molar-refractivity contribution < 1.29 is 19.2 Å². The lowest BCUT2D eigenvalue weighted by Gasteiger charge is -2.13. The molecule has 7 nitrogen and oxygen atoms in total. The van der Waals surface area contributed by atoms with E-state index in [1.165, 1.54) is 24.3 Å². The third-order valence-electron chi connectivity index (χ3n) is 3.08. The van der Waals surface area contributed by atoms with Crippen molar-refractivity contribution in [2.75, 3.05) is 25.6 Å². The minimum absolute atomic E-state index is 0.0853. The second kappa shape index (κ2) is 8.28. The van der Waals surface area contributed by atoms with E-state index in [1.54, 1.807) is 25.3 Å². The number of nitrogens with one attached hydrogen (secondary N) is 1. The molecule has 0 spiro atoms. The summed E-state index contributed by atoms with van der Waals surface area (Å²) in [5.41, 5.74) is 0.600. The molecule has 126 valence electrons. The quantitative estimate of drug-likeness (QED) is 0.468. The molecule has 0 heterocycles. The van der Waals surface area contributed by atoms with Gasteiger partial charge in [-0.1, -0.05) is 11.6 Å². The van der Waals surface area contributed by atoms with Gasteiger partial charge in [-0.05, 0) is 30.3 Å². The van der Waals surface area contributed by atoms with Crippen molar-refractivity contribution in [2.24, 2.45) is 0 Å². The molecular formula is C16H15ClN2O5. The first-order chi connectivity index (χ1) is 11.5. The molecule has 2 rings (SSSR count). The number of amides is 1. The highest BCUT2D eigenvalue weighted by atomic mass is 35.5. The van der Waals surface area contributed by atoms with Gasteiger partial charge in [-0.15, -0.1) is 0 Å². The van der Waals surface area contributed by atoms with Gasteiger partial charge in [0, 0.05) is 29.8 Å². The topological polar surface area (TPSA) is 90.7 Å². The summed E-state index contributed by atoms with van der Waals surface area (Å²) in [6.45, 7) is 0.719. The zero-order chi connectivity index (χ0) is 17.5. The van der Waals surface area contributed by atoms with Crippen LogP contribution in [-0.4, -0.2) is 31.2 Å². The summed E-state index contributed by atoms with van der Waals surface area (Å²) in [7, 11) is 1.56. The Kier molecular flexibility index (Phi) is 6.11. The number of methoxy groups -OCH3 is 1. The molecule has 2 aromatic rings. The number of carbonyl (C=O) groups excluding carboxylic acids is 1. The highest BCUT2D eigenvalue weighted by molar-refractivity contribution is 6.31. The monoisotopic (exact) mass is 350 g/mol. The predicted octanol–water partition coefficient (Wildman–Crippen LogP) is 3.53. The van der Waals surface area contributed by atoms with Gasteiger partial charge < -0.3 is 14.8 Å². The number of anilines is 1. The molecule has 0 fully saturated rings. The molecule has 0 bridgehead atoms. The van der Waals surface area contributed by atoms with E-state index >= 15 is 0 Å². The molecule has 0 saturated carbocycles. The molecule has 0 unspecified atom stereocenters. The van der Waals surface area contributed by atoms with Gasteiger partial charge in [0.1, 0.15) is 12.4 Å². The van der Waals surface area contributed by atoms with Gasteiger partial charge >= 0.3 is 0 Å². The first-order valence-electron chi connectivity index (χ1n) is 6.98. The van der Waals surface area contributed by atoms with Crippen molar-refractivity contribution in [1.82, 2.24) is 0 Å². The van der Waals surface area contributed by atoms with Crippen LogP contribution in [0.4, 0.5) is 11.4 Å². The molecular weight excluding hydrogens is 336 g/mol. The van der Waals surface area contributed by atoms with Gasteiger partial charge in [-0.2, -0.15) is 0 Å². The third kappa shape index (κ3) is 4.68. The standard InChI is InChI=1S/C16H15ClN2O5/c1-23-8-9-24-15-7-4-12(17)10-14(15)18-16(20)11-2-5-13(6-3-11)19(21)22/h2-7,10H,8-9H2,1H3,(H,18,20). The molecule has 0 aromatic heterocycles. The molecule has 0 saturated heterocycles. The highest BCUT2D eigenvalue weighted by Crippen LogP contribution is 2.28. The van der Waals surface area contributed by atoms with Crippen LogP contribution in [0.5, 0.6) is 5.75 Å². The van der Waals surface area contributed by atoms with Crippen LogP contribution in [0.1, 0.15) is 10.4 Å². The summed E-state index contributed by atoms with van der Waals surface area (Å²) in [6, 6.07) is 10.1. The number of carbonyl (C=O) groups is 1. The maximum Gasteiger partial charge on any atom is 0.269 e. The van der Waals surface area contributed by atoms with Crippen LogP contribution in [0.3, 0.4) is 0 Å². The predicted molar refractivity (Wildman–Crippen MR) is 89.9 cm³/mol. The number of hydrogen-bond acceptors (Lipinski definition) is 5. The maximum absolute atomic E-state index is 12.3. The lowest BCUT2D eigenvalue weighted by Crippen LogP contribution is -2.14. The lowest BCUT2D eigenvalue weighted by atomic mass is 10.2. The molecule has 1 N–H and O–H groups in total. The number of hydrogen-bond donors (Lipinski definition) is 1. The SMILES string of the molecule is COCCOc1ccc(Cl)cc1NC(=O)c1ccc([N+](=O)[O-])cc1. The molecule has 0 aliphatic carbocycles. The third-order valence-corrected chi connectivity index (χ3v) is 3.31. The summed E-state index contributed by atoms with van der Waals surface area (Å²) in [5.74, 6) is 0.0236. The van der Waals surface area contributed by atoms with Crippen molar-refractivity contribution >= 4 is 28.9 Å². The van der Waals surface area contributed by atoms with Gasteiger partial charge in [0.15, 0.2) is 0 Å². The second-order valence-corrected chi connectivity index (χ2v) is 5.18. The van der Waals surface area contributed by atoms with Gasteiger partial charge in [0.25, 0.3) is 11.6 Å². The lowest BCUT2D eigenvalue weighted by molar-refractivity contribution is -0.384. The van der Waals surface area contributed by atoms with Crippen LogP contribution in [0.2, 0.25) is 5.02 Å². The van der Waals surface area contributed by atoms with Gasteiger partial charge in [0.2, 0.25) is 0 Å². The summed E-state index contributed by atoms with van der Waals surface area (Å²) >= 11 is 5.96. The Balaban J connectivity index is 2.15. The molecule has 1 amide bonds. The van der Waals surface area contributed by atoms with E-state index in [2.05, 4.69) is 5.32 Å². The molecule has 2 aromatic carbocycles. The van der Waals surface area contributed by atoms with Crippen molar-refractivity contribution in [1.29, 1.82) is 0 Å². The second-order valence-electron chi connectivity index (χ2n) is 4.74. The van der Waals surface area contributed by atoms with Gasteiger partial charge in [-0.25, -0.2) is 0 Å². The summed E-state index contributed by atoms with van der Waals surface area (Å²) in [5, 5.41) is 13.8. The number of halogens is 1. The van der Waals surface area contributed by atoms with Crippen LogP contribution in [0.25, 0.3) is 0 Å². The number of ether oxygens (including phenoxy) is 2. The molecule has 8 heteroatoms. The summed E-state index contributed by atoms with van der Waals surface area (Å²) < 4.78 is 10.4. The van der Waals surface area contributed by atoms with Gasteiger partial charge in [-0.3, -0.25) is 14.9 Å². The number of nitro benzene ring substituents is 1. The Morgan fingerprint density at radius 3 is 2.54 bits per heavy atom. The Morgan fingerprint density at radius 2 is 1.92 bits per heavy atom. The average molecular weight is 351 g/mol. The minimum Gasteiger partial charge on any atom is -0.489 e. The summed E-state index contributed by atoms with van der Waals surface area (Å²) in [6.07, 6.45) is 0. The van der Waals surface area contributed by atoms with E-state index in [9.17, 15) is 14.9 Å². The van der Waals surface area contributed by atoms with E-state index in [-0.39, 0.29) is 11.3 Å². The largest absolute Gasteiger partial charge is 0.489 e.